The lowest BCUT2D eigenvalue weighted by Gasteiger charge is -2.30. The summed E-state index contributed by atoms with van der Waals surface area (Å²) >= 11 is 0. The largest absolute Gasteiger partial charge is 0.494 e. The van der Waals surface area contributed by atoms with E-state index in [4.69, 9.17) is 4.74 Å². The molecular weight excluding hydrogens is 245 g/mol. The number of methoxy groups -OCH3 is 1. The zero-order valence-electron chi connectivity index (χ0n) is 11.7. The van der Waals surface area contributed by atoms with Gasteiger partial charge in [-0.2, -0.15) is 0 Å². The molecule has 1 saturated heterocycles. The van der Waals surface area contributed by atoms with E-state index in [9.17, 15) is 9.18 Å². The van der Waals surface area contributed by atoms with Crippen LogP contribution in [0.5, 0.6) is 5.75 Å². The van der Waals surface area contributed by atoms with Gasteiger partial charge < -0.3 is 4.74 Å². The number of likely N-dealkylation sites (tertiary alicyclic amines) is 1. The molecule has 0 N–H and O–H groups in total. The molecule has 1 fully saturated rings. The predicted molar refractivity (Wildman–Crippen MR) is 72.2 cm³/mol. The third kappa shape index (κ3) is 2.95. The van der Waals surface area contributed by atoms with Crippen LogP contribution in [0.25, 0.3) is 0 Å². The molecule has 1 aliphatic heterocycles. The molecule has 4 heteroatoms. The Morgan fingerprint density at radius 3 is 2.74 bits per heavy atom. The van der Waals surface area contributed by atoms with E-state index in [1.54, 1.807) is 6.07 Å². The first kappa shape index (κ1) is 14.0. The van der Waals surface area contributed by atoms with Crippen LogP contribution in [0.1, 0.15) is 37.0 Å². The van der Waals surface area contributed by atoms with Crippen molar-refractivity contribution in [2.45, 2.75) is 32.2 Å². The second kappa shape index (κ2) is 5.29. The Bertz CT molecular complexity index is 485. The number of ether oxygens (including phenoxy) is 1. The number of hydrogen-bond acceptors (Lipinski definition) is 3. The number of halogens is 1. The van der Waals surface area contributed by atoms with Crippen LogP contribution < -0.4 is 4.74 Å². The molecule has 0 aromatic heterocycles. The van der Waals surface area contributed by atoms with Crippen LogP contribution in [-0.2, 0) is 0 Å². The Morgan fingerprint density at radius 2 is 2.21 bits per heavy atom. The number of nitrogens with zero attached hydrogens (tertiary/aromatic N) is 1. The minimum absolute atomic E-state index is 0.0449. The van der Waals surface area contributed by atoms with Crippen molar-refractivity contribution in [2.24, 2.45) is 0 Å². The molecule has 2 rings (SSSR count). The van der Waals surface area contributed by atoms with Crippen molar-refractivity contribution in [3.63, 3.8) is 0 Å². The Morgan fingerprint density at radius 1 is 1.47 bits per heavy atom. The van der Waals surface area contributed by atoms with Crippen LogP contribution in [-0.4, -0.2) is 36.4 Å². The van der Waals surface area contributed by atoms with Crippen molar-refractivity contribution in [3.05, 3.63) is 29.6 Å². The summed E-state index contributed by atoms with van der Waals surface area (Å²) < 4.78 is 18.4. The van der Waals surface area contributed by atoms with Crippen LogP contribution >= 0.6 is 0 Å². The molecule has 0 saturated carbocycles. The molecule has 1 heterocycles. The number of carbonyl (C=O) groups excluding carboxylic acids is 1. The number of ketones is 1. The van der Waals surface area contributed by atoms with E-state index in [1.807, 2.05) is 0 Å². The number of Topliss-reactive ketones (excluding diaryl/α,β-unsaturated/α-hetero) is 1. The zero-order chi connectivity index (χ0) is 14.0. The number of rotatable bonds is 4. The summed E-state index contributed by atoms with van der Waals surface area (Å²) in [7, 11) is 1.41. The summed E-state index contributed by atoms with van der Waals surface area (Å²) in [5, 5.41) is 0. The summed E-state index contributed by atoms with van der Waals surface area (Å²) in [5.74, 6) is -0.372. The summed E-state index contributed by atoms with van der Waals surface area (Å²) in [6.07, 6.45) is 2.20. The third-order valence-electron chi connectivity index (χ3n) is 3.88. The summed E-state index contributed by atoms with van der Waals surface area (Å²) in [6.45, 7) is 5.56. The molecule has 0 aliphatic carbocycles. The molecule has 0 unspecified atom stereocenters. The summed E-state index contributed by atoms with van der Waals surface area (Å²) in [4.78, 5) is 14.4. The first-order chi connectivity index (χ1) is 8.94. The summed E-state index contributed by atoms with van der Waals surface area (Å²) in [5.41, 5.74) is 0.460. The first-order valence-corrected chi connectivity index (χ1v) is 6.56. The highest BCUT2D eigenvalue weighted by Crippen LogP contribution is 2.28. The van der Waals surface area contributed by atoms with Crippen molar-refractivity contribution in [1.82, 2.24) is 4.90 Å². The van der Waals surface area contributed by atoms with Gasteiger partial charge in [0.15, 0.2) is 17.3 Å². The van der Waals surface area contributed by atoms with Crippen LogP contribution in [0.3, 0.4) is 0 Å². The normalized spacial score (nSPS) is 18.5. The van der Waals surface area contributed by atoms with Gasteiger partial charge in [-0.1, -0.05) is 0 Å². The Balaban J connectivity index is 2.10. The van der Waals surface area contributed by atoms with Crippen molar-refractivity contribution in [2.75, 3.05) is 20.2 Å². The second-order valence-corrected chi connectivity index (χ2v) is 5.61. The number of hydrogen-bond donors (Lipinski definition) is 0. The van der Waals surface area contributed by atoms with Crippen molar-refractivity contribution in [3.8, 4) is 5.75 Å². The molecule has 0 amide bonds. The molecule has 1 aromatic carbocycles. The molecule has 104 valence electrons. The minimum atomic E-state index is -0.492. The molecule has 0 radical (unpaired) electrons. The Labute approximate surface area is 113 Å². The van der Waals surface area contributed by atoms with E-state index in [-0.39, 0.29) is 17.1 Å². The third-order valence-corrected chi connectivity index (χ3v) is 3.88. The molecule has 3 nitrogen and oxygen atoms in total. The van der Waals surface area contributed by atoms with Gasteiger partial charge >= 0.3 is 0 Å². The van der Waals surface area contributed by atoms with Gasteiger partial charge in [-0.05, 0) is 51.4 Å². The maximum atomic E-state index is 13.6. The lowest BCUT2D eigenvalue weighted by Crippen LogP contribution is -2.41. The minimum Gasteiger partial charge on any atom is -0.494 e. The fourth-order valence-corrected chi connectivity index (χ4v) is 2.56. The maximum absolute atomic E-state index is 13.6. The maximum Gasteiger partial charge on any atom is 0.176 e. The van der Waals surface area contributed by atoms with Gasteiger partial charge in [0, 0.05) is 11.1 Å². The molecule has 1 aromatic rings. The molecule has 19 heavy (non-hydrogen) atoms. The Hall–Kier alpha value is -1.42. The highest BCUT2D eigenvalue weighted by atomic mass is 19.1. The lowest BCUT2D eigenvalue weighted by molar-refractivity contribution is 0.0871. The van der Waals surface area contributed by atoms with Gasteiger partial charge in [0.1, 0.15) is 0 Å². The van der Waals surface area contributed by atoms with Gasteiger partial charge in [0.25, 0.3) is 0 Å². The Kier molecular flexibility index (Phi) is 3.90. The van der Waals surface area contributed by atoms with Gasteiger partial charge in [-0.25, -0.2) is 4.39 Å². The monoisotopic (exact) mass is 265 g/mol. The molecule has 1 aliphatic rings. The van der Waals surface area contributed by atoms with Gasteiger partial charge in [0.2, 0.25) is 0 Å². The van der Waals surface area contributed by atoms with Crippen LogP contribution in [0, 0.1) is 5.82 Å². The van der Waals surface area contributed by atoms with Gasteiger partial charge in [0.05, 0.1) is 13.7 Å². The van der Waals surface area contributed by atoms with E-state index >= 15 is 0 Å². The highest BCUT2D eigenvalue weighted by Gasteiger charge is 2.33. The molecule has 0 spiro atoms. The van der Waals surface area contributed by atoms with E-state index in [0.717, 1.165) is 19.4 Å². The van der Waals surface area contributed by atoms with Crippen molar-refractivity contribution >= 4 is 5.78 Å². The topological polar surface area (TPSA) is 29.5 Å². The molecule has 0 atom stereocenters. The van der Waals surface area contributed by atoms with Crippen molar-refractivity contribution in [1.29, 1.82) is 0 Å². The predicted octanol–water partition coefficient (Wildman–Crippen LogP) is 2.89. The fourth-order valence-electron chi connectivity index (χ4n) is 2.56. The van der Waals surface area contributed by atoms with Crippen LogP contribution in [0.2, 0.25) is 0 Å². The standard InChI is InChI=1S/C15H20FNO2/c1-15(2)7-4-8-17(15)10-13(18)11-5-6-14(19-3)12(16)9-11/h5-6,9H,4,7-8,10H2,1-3H3. The van der Waals surface area contributed by atoms with Crippen LogP contribution in [0.15, 0.2) is 18.2 Å². The highest BCUT2D eigenvalue weighted by molar-refractivity contribution is 5.97. The van der Waals surface area contributed by atoms with Gasteiger partial charge in [-0.3, -0.25) is 9.69 Å². The average molecular weight is 265 g/mol. The second-order valence-electron chi connectivity index (χ2n) is 5.61. The van der Waals surface area contributed by atoms with Crippen LogP contribution in [0.4, 0.5) is 4.39 Å². The number of benzene rings is 1. The van der Waals surface area contributed by atoms with E-state index in [1.165, 1.54) is 19.2 Å². The SMILES string of the molecule is COc1ccc(C(=O)CN2CCCC2(C)C)cc1F. The number of carbonyl (C=O) groups is 1. The average Bonchev–Trinajstić information content (AvgIpc) is 2.68. The quantitative estimate of drug-likeness (QED) is 0.784. The van der Waals surface area contributed by atoms with E-state index < -0.39 is 5.82 Å². The fraction of sp³-hybridized carbons (Fsp3) is 0.533. The smallest absolute Gasteiger partial charge is 0.176 e. The molecular formula is C15H20FNO2. The lowest BCUT2D eigenvalue weighted by atomic mass is 10.0. The zero-order valence-corrected chi connectivity index (χ0v) is 11.7. The van der Waals surface area contributed by atoms with E-state index in [0.29, 0.717) is 12.1 Å². The molecule has 0 bridgehead atoms. The van der Waals surface area contributed by atoms with Crippen molar-refractivity contribution < 1.29 is 13.9 Å². The van der Waals surface area contributed by atoms with E-state index in [2.05, 4.69) is 18.7 Å². The van der Waals surface area contributed by atoms with Gasteiger partial charge in [-0.15, -0.1) is 0 Å². The first-order valence-electron chi connectivity index (χ1n) is 6.56. The summed E-state index contributed by atoms with van der Waals surface area (Å²) in [6, 6.07) is 4.37.